The second kappa shape index (κ2) is 12.6. The van der Waals surface area contributed by atoms with Crippen LogP contribution in [0.1, 0.15) is 20.9 Å². The smallest absolute Gasteiger partial charge is 0.139 e. The van der Waals surface area contributed by atoms with Crippen LogP contribution in [0.5, 0.6) is 0 Å². The number of hydrazine groups is 1. The molecular weight excluding hydrogens is 599 g/mol. The van der Waals surface area contributed by atoms with Gasteiger partial charge in [0.05, 0.1) is 33.9 Å². The zero-order valence-corrected chi connectivity index (χ0v) is 28.1. The van der Waals surface area contributed by atoms with Crippen molar-refractivity contribution < 1.29 is 0 Å². The summed E-state index contributed by atoms with van der Waals surface area (Å²) in [6, 6.07) is 20.9. The summed E-state index contributed by atoms with van der Waals surface area (Å²) in [5.74, 6) is 8.60. The van der Waals surface area contributed by atoms with E-state index in [2.05, 4.69) is 89.3 Å². The number of para-hydroxylation sites is 4. The normalized spacial score (nSPS) is 18.2. The number of nitrogens with two attached hydrogens (primary N) is 1. The first-order valence-corrected chi connectivity index (χ1v) is 17.2. The summed E-state index contributed by atoms with van der Waals surface area (Å²) in [4.78, 5) is 22.1. The van der Waals surface area contributed by atoms with E-state index in [1.807, 2.05) is 24.3 Å². The lowest BCUT2D eigenvalue weighted by atomic mass is 10.2. The number of piperazine rings is 2. The fraction of sp³-hybridized carbons (Fsp3) is 0.353. The topological polar surface area (TPSA) is 79.0 Å². The molecule has 8 rings (SSSR count). The molecule has 234 valence electrons. The number of fused-ring (bicyclic) bond motifs is 4. The molecule has 2 aromatic carbocycles. The molecule has 2 saturated heterocycles. The Bertz CT molecular complexity index is 1740. The predicted molar refractivity (Wildman–Crippen MR) is 191 cm³/mol. The van der Waals surface area contributed by atoms with Gasteiger partial charge in [-0.3, -0.25) is 5.01 Å². The fourth-order valence-electron chi connectivity index (χ4n) is 6.15. The van der Waals surface area contributed by atoms with Gasteiger partial charge >= 0.3 is 0 Å². The van der Waals surface area contributed by atoms with E-state index in [0.29, 0.717) is 0 Å². The minimum atomic E-state index is 0.935. The van der Waals surface area contributed by atoms with Gasteiger partial charge in [0.1, 0.15) is 21.7 Å². The van der Waals surface area contributed by atoms with Crippen molar-refractivity contribution in [2.24, 2.45) is 15.8 Å². The molecule has 0 atom stereocenters. The second-order valence-electron chi connectivity index (χ2n) is 12.1. The third-order valence-electron chi connectivity index (χ3n) is 8.74. The highest BCUT2D eigenvalue weighted by Crippen LogP contribution is 2.42. The minimum absolute atomic E-state index is 0.935. The van der Waals surface area contributed by atoms with Gasteiger partial charge in [-0.25, -0.2) is 15.8 Å². The van der Waals surface area contributed by atoms with Crippen molar-refractivity contribution >= 4 is 67.1 Å². The molecule has 0 amide bonds. The van der Waals surface area contributed by atoms with Crippen LogP contribution in [0.3, 0.4) is 0 Å². The molecule has 45 heavy (non-hydrogen) atoms. The lowest BCUT2D eigenvalue weighted by Gasteiger charge is -2.34. The number of hydrogen-bond donors (Lipinski definition) is 2. The Hall–Kier alpha value is -3.74. The SMILES string of the molecule is Cc1cc2c(s1)N(N)c1ccccc1N=C2N1CCN(C)CC1.Cc1cc2c(s1)Nc1ccccc1N=C2N1CCN(C)CC1. The van der Waals surface area contributed by atoms with Crippen LogP contribution in [0.4, 0.5) is 32.8 Å². The van der Waals surface area contributed by atoms with E-state index in [-0.39, 0.29) is 0 Å². The molecule has 4 aromatic rings. The van der Waals surface area contributed by atoms with E-state index in [1.54, 1.807) is 27.7 Å². The van der Waals surface area contributed by atoms with Gasteiger partial charge in [0.2, 0.25) is 0 Å². The van der Waals surface area contributed by atoms with Crippen molar-refractivity contribution in [3.63, 3.8) is 0 Å². The Kier molecular flexibility index (Phi) is 8.36. The highest BCUT2D eigenvalue weighted by molar-refractivity contribution is 7.17. The maximum absolute atomic E-state index is 6.43. The first-order chi connectivity index (χ1) is 21.8. The number of amidine groups is 2. The van der Waals surface area contributed by atoms with Crippen molar-refractivity contribution in [2.45, 2.75) is 13.8 Å². The molecule has 0 radical (unpaired) electrons. The molecular formula is C34H41N9S2. The number of aryl methyl sites for hydroxylation is 2. The lowest BCUT2D eigenvalue weighted by Crippen LogP contribution is -2.47. The monoisotopic (exact) mass is 639 g/mol. The van der Waals surface area contributed by atoms with Crippen LogP contribution in [0.2, 0.25) is 0 Å². The van der Waals surface area contributed by atoms with Gasteiger partial charge in [0.15, 0.2) is 0 Å². The Morgan fingerprint density at radius 2 is 1.20 bits per heavy atom. The summed E-state index contributed by atoms with van der Waals surface area (Å²) >= 11 is 3.53. The molecule has 0 aliphatic carbocycles. The quantitative estimate of drug-likeness (QED) is 0.224. The summed E-state index contributed by atoms with van der Waals surface area (Å²) in [5, 5.41) is 7.64. The van der Waals surface area contributed by atoms with E-state index in [4.69, 9.17) is 15.8 Å². The molecule has 3 N–H and O–H groups in total. The fourth-order valence-corrected chi connectivity index (χ4v) is 8.01. The zero-order valence-electron chi connectivity index (χ0n) is 26.5. The standard InChI is InChI=1S/C17H21N5S.C17H20N4S/c1-12-11-13-16(21-9-7-20(2)8-10-21)19-14-5-3-4-6-15(14)22(18)17(13)23-12;1-12-11-13-16(21-9-7-20(2)8-10-21)18-14-5-3-4-6-15(14)19-17(13)22-12/h3-6,11H,7-10,18H2,1-2H3;3-6,11,19H,7-10H2,1-2H3. The Balaban J connectivity index is 0.000000145. The Morgan fingerprint density at radius 3 is 1.89 bits per heavy atom. The molecule has 2 fully saturated rings. The van der Waals surface area contributed by atoms with Gasteiger partial charge in [-0.2, -0.15) is 0 Å². The Morgan fingerprint density at radius 1 is 0.667 bits per heavy atom. The Labute approximate surface area is 273 Å². The minimum Gasteiger partial charge on any atom is -0.353 e. The molecule has 4 aliphatic heterocycles. The molecule has 4 aliphatic rings. The van der Waals surface area contributed by atoms with Gasteiger partial charge in [-0.05, 0) is 64.3 Å². The van der Waals surface area contributed by atoms with Crippen molar-refractivity contribution in [3.8, 4) is 0 Å². The second-order valence-corrected chi connectivity index (χ2v) is 14.6. The van der Waals surface area contributed by atoms with E-state index in [9.17, 15) is 0 Å². The number of rotatable bonds is 0. The molecule has 9 nitrogen and oxygen atoms in total. The van der Waals surface area contributed by atoms with E-state index < -0.39 is 0 Å². The van der Waals surface area contributed by atoms with Crippen LogP contribution in [0.25, 0.3) is 0 Å². The third kappa shape index (κ3) is 6.10. The van der Waals surface area contributed by atoms with Crippen molar-refractivity contribution in [1.29, 1.82) is 0 Å². The number of aliphatic imine (C=N–C) groups is 2. The van der Waals surface area contributed by atoms with Crippen molar-refractivity contribution in [1.82, 2.24) is 19.6 Å². The lowest BCUT2D eigenvalue weighted by molar-refractivity contribution is 0.216. The van der Waals surface area contributed by atoms with Crippen LogP contribution in [-0.2, 0) is 0 Å². The number of benzene rings is 2. The molecule has 2 aromatic heterocycles. The number of anilines is 4. The molecule has 11 heteroatoms. The molecule has 0 saturated carbocycles. The summed E-state index contributed by atoms with van der Waals surface area (Å²) < 4.78 is 0. The van der Waals surface area contributed by atoms with Gasteiger partial charge in [-0.1, -0.05) is 24.3 Å². The van der Waals surface area contributed by atoms with Gasteiger partial charge < -0.3 is 24.9 Å². The van der Waals surface area contributed by atoms with Crippen LogP contribution >= 0.6 is 22.7 Å². The molecule has 6 heterocycles. The van der Waals surface area contributed by atoms with E-state index in [0.717, 1.165) is 97.3 Å². The highest BCUT2D eigenvalue weighted by Gasteiger charge is 2.28. The maximum Gasteiger partial charge on any atom is 0.139 e. The summed E-state index contributed by atoms with van der Waals surface area (Å²) in [6.45, 7) is 12.6. The van der Waals surface area contributed by atoms with Crippen molar-refractivity contribution in [2.75, 3.05) is 76.8 Å². The molecule has 0 unspecified atom stereocenters. The summed E-state index contributed by atoms with van der Waals surface area (Å²) in [7, 11) is 4.35. The van der Waals surface area contributed by atoms with Crippen molar-refractivity contribution in [3.05, 3.63) is 81.5 Å². The largest absolute Gasteiger partial charge is 0.353 e. The molecule has 0 bridgehead atoms. The number of nitrogens with one attached hydrogen (secondary N) is 1. The van der Waals surface area contributed by atoms with Crippen LogP contribution in [-0.4, -0.2) is 97.7 Å². The van der Waals surface area contributed by atoms with E-state index in [1.165, 1.54) is 20.3 Å². The first-order valence-electron chi connectivity index (χ1n) is 15.6. The summed E-state index contributed by atoms with van der Waals surface area (Å²) in [5.41, 5.74) is 6.40. The average molecular weight is 640 g/mol. The first kappa shape index (κ1) is 29.9. The number of nitrogens with zero attached hydrogens (tertiary/aromatic N) is 7. The van der Waals surface area contributed by atoms with Gasteiger partial charge in [0, 0.05) is 62.1 Å². The zero-order chi connectivity index (χ0) is 31.1. The predicted octanol–water partition coefficient (Wildman–Crippen LogP) is 6.15. The molecule has 0 spiro atoms. The third-order valence-corrected chi connectivity index (χ3v) is 10.8. The number of thiophene rings is 2. The van der Waals surface area contributed by atoms with Crippen LogP contribution in [0.15, 0.2) is 70.6 Å². The van der Waals surface area contributed by atoms with E-state index >= 15 is 0 Å². The van der Waals surface area contributed by atoms with Crippen LogP contribution in [0, 0.1) is 13.8 Å². The summed E-state index contributed by atoms with van der Waals surface area (Å²) in [6.07, 6.45) is 0. The average Bonchev–Trinajstić information content (AvgIpc) is 3.54. The number of hydrogen-bond acceptors (Lipinski definition) is 11. The number of likely N-dealkylation sites (N-methyl/N-ethyl adjacent to an activating group) is 2. The maximum atomic E-state index is 6.43. The van der Waals surface area contributed by atoms with Gasteiger partial charge in [0.25, 0.3) is 0 Å². The highest BCUT2D eigenvalue weighted by atomic mass is 32.1. The van der Waals surface area contributed by atoms with Crippen LogP contribution < -0.4 is 16.2 Å². The van der Waals surface area contributed by atoms with Gasteiger partial charge in [-0.15, -0.1) is 22.7 Å².